The summed E-state index contributed by atoms with van der Waals surface area (Å²) in [5.41, 5.74) is -0.526. The molecular formula is C22H45IN6O3. The van der Waals surface area contributed by atoms with Gasteiger partial charge in [0.15, 0.2) is 5.96 Å². The van der Waals surface area contributed by atoms with E-state index in [4.69, 9.17) is 4.74 Å². The average molecular weight is 569 g/mol. The quantitative estimate of drug-likeness (QED) is 0.193. The number of halogens is 1. The molecular weight excluding hydrogens is 523 g/mol. The molecule has 0 saturated carbocycles. The molecule has 1 unspecified atom stereocenters. The lowest BCUT2D eigenvalue weighted by atomic mass is 10.0. The molecule has 0 aromatic rings. The van der Waals surface area contributed by atoms with E-state index in [9.17, 15) is 9.59 Å². The van der Waals surface area contributed by atoms with Gasteiger partial charge in [0.25, 0.3) is 0 Å². The summed E-state index contributed by atoms with van der Waals surface area (Å²) in [5.74, 6) is 1.05. The van der Waals surface area contributed by atoms with E-state index in [-0.39, 0.29) is 41.8 Å². The fourth-order valence-electron chi connectivity index (χ4n) is 3.27. The van der Waals surface area contributed by atoms with Crippen molar-refractivity contribution >= 4 is 41.9 Å². The first-order chi connectivity index (χ1) is 14.5. The number of likely N-dealkylation sites (tertiary alicyclic amines) is 1. The Kier molecular flexibility index (Phi) is 14.9. The molecule has 1 aliphatic rings. The molecule has 1 fully saturated rings. The van der Waals surface area contributed by atoms with E-state index in [0.29, 0.717) is 19.1 Å². The summed E-state index contributed by atoms with van der Waals surface area (Å²) >= 11 is 0. The Balaban J connectivity index is 0.00000961. The second kappa shape index (κ2) is 15.5. The highest BCUT2D eigenvalue weighted by atomic mass is 127. The zero-order valence-electron chi connectivity index (χ0n) is 20.9. The van der Waals surface area contributed by atoms with Crippen LogP contribution in [0.5, 0.6) is 0 Å². The van der Waals surface area contributed by atoms with E-state index < -0.39 is 11.7 Å². The van der Waals surface area contributed by atoms with Gasteiger partial charge in [-0.1, -0.05) is 20.8 Å². The van der Waals surface area contributed by atoms with Crippen molar-refractivity contribution in [1.82, 2.24) is 26.2 Å². The Hall–Kier alpha value is -1.30. The normalized spacial score (nSPS) is 16.7. The van der Waals surface area contributed by atoms with Gasteiger partial charge in [-0.2, -0.15) is 0 Å². The molecule has 9 nitrogen and oxygen atoms in total. The Labute approximate surface area is 211 Å². The molecule has 0 aliphatic carbocycles. The minimum Gasteiger partial charge on any atom is -0.444 e. The van der Waals surface area contributed by atoms with Crippen molar-refractivity contribution in [3.8, 4) is 0 Å². The van der Waals surface area contributed by atoms with Crippen molar-refractivity contribution in [2.75, 3.05) is 39.8 Å². The summed E-state index contributed by atoms with van der Waals surface area (Å²) in [6.45, 7) is 15.2. The van der Waals surface area contributed by atoms with Gasteiger partial charge in [-0.15, -0.1) is 24.0 Å². The number of aliphatic imine (C=N–C) groups is 1. The number of amides is 2. The molecule has 188 valence electrons. The summed E-state index contributed by atoms with van der Waals surface area (Å²) in [6, 6.07) is 0.217. The number of nitrogens with zero attached hydrogens (tertiary/aromatic N) is 2. The molecule has 4 N–H and O–H groups in total. The molecule has 0 radical (unpaired) electrons. The standard InChI is InChI=1S/C22H44N6O3.HI/c1-8-11-24-19(29)15-28-12-9-17(10-13-28)26-20(23-7)25-14-18(16(2)3)27-21(30)31-22(4,5)6;/h16-18H,8-15H2,1-7H3,(H,24,29)(H,27,30)(H2,23,25,26);1H. The van der Waals surface area contributed by atoms with Gasteiger partial charge >= 0.3 is 6.09 Å². The largest absolute Gasteiger partial charge is 0.444 e. The summed E-state index contributed by atoms with van der Waals surface area (Å²) in [4.78, 5) is 30.5. The third-order valence-corrected chi connectivity index (χ3v) is 5.09. The van der Waals surface area contributed by atoms with Crippen LogP contribution in [0.3, 0.4) is 0 Å². The monoisotopic (exact) mass is 568 g/mol. The van der Waals surface area contributed by atoms with Crippen LogP contribution in [0.25, 0.3) is 0 Å². The van der Waals surface area contributed by atoms with E-state index in [2.05, 4.69) is 51.9 Å². The Morgan fingerprint density at radius 2 is 1.78 bits per heavy atom. The summed E-state index contributed by atoms with van der Waals surface area (Å²) < 4.78 is 5.38. The molecule has 1 aliphatic heterocycles. The number of hydrogen-bond donors (Lipinski definition) is 4. The summed E-state index contributed by atoms with van der Waals surface area (Å²) in [7, 11) is 1.74. The molecule has 1 rings (SSSR count). The van der Waals surface area contributed by atoms with Gasteiger partial charge in [-0.25, -0.2) is 4.79 Å². The maximum atomic E-state index is 12.1. The predicted molar refractivity (Wildman–Crippen MR) is 141 cm³/mol. The van der Waals surface area contributed by atoms with Crippen molar-refractivity contribution in [2.24, 2.45) is 10.9 Å². The van der Waals surface area contributed by atoms with Crippen molar-refractivity contribution in [3.05, 3.63) is 0 Å². The van der Waals surface area contributed by atoms with E-state index in [1.165, 1.54) is 0 Å². The first kappa shape index (κ1) is 30.7. The second-order valence-electron chi connectivity index (χ2n) is 9.49. The molecule has 0 aromatic carbocycles. The van der Waals surface area contributed by atoms with Crippen LogP contribution in [-0.2, 0) is 9.53 Å². The van der Waals surface area contributed by atoms with Crippen LogP contribution < -0.4 is 21.3 Å². The van der Waals surface area contributed by atoms with Gasteiger partial charge in [0, 0.05) is 39.3 Å². The van der Waals surface area contributed by atoms with Gasteiger partial charge in [0.05, 0.1) is 12.6 Å². The van der Waals surface area contributed by atoms with E-state index in [1.54, 1.807) is 7.05 Å². The van der Waals surface area contributed by atoms with E-state index >= 15 is 0 Å². The lowest BCUT2D eigenvalue weighted by Crippen LogP contribution is -2.53. The maximum Gasteiger partial charge on any atom is 0.407 e. The molecule has 1 heterocycles. The molecule has 10 heteroatoms. The van der Waals surface area contributed by atoms with Crippen LogP contribution in [0.15, 0.2) is 4.99 Å². The van der Waals surface area contributed by atoms with Gasteiger partial charge in [-0.3, -0.25) is 14.7 Å². The van der Waals surface area contributed by atoms with Crippen LogP contribution in [0.4, 0.5) is 4.79 Å². The second-order valence-corrected chi connectivity index (χ2v) is 9.49. The number of rotatable bonds is 9. The van der Waals surface area contributed by atoms with E-state index in [0.717, 1.165) is 44.9 Å². The lowest BCUT2D eigenvalue weighted by Gasteiger charge is -2.33. The Morgan fingerprint density at radius 3 is 2.28 bits per heavy atom. The van der Waals surface area contributed by atoms with Crippen LogP contribution in [0.2, 0.25) is 0 Å². The Morgan fingerprint density at radius 1 is 1.16 bits per heavy atom. The van der Waals surface area contributed by atoms with Crippen molar-refractivity contribution < 1.29 is 14.3 Å². The van der Waals surface area contributed by atoms with Gasteiger partial charge in [0.1, 0.15) is 5.60 Å². The number of alkyl carbamates (subject to hydrolysis) is 1. The number of nitrogens with one attached hydrogen (secondary N) is 4. The highest BCUT2D eigenvalue weighted by molar-refractivity contribution is 14.0. The SMILES string of the molecule is CCCNC(=O)CN1CCC(NC(=NC)NCC(NC(=O)OC(C)(C)C)C(C)C)CC1.I. The van der Waals surface area contributed by atoms with Gasteiger partial charge < -0.3 is 26.0 Å². The highest BCUT2D eigenvalue weighted by Gasteiger charge is 2.24. The van der Waals surface area contributed by atoms with Crippen LogP contribution in [0, 0.1) is 5.92 Å². The molecule has 0 bridgehead atoms. The van der Waals surface area contributed by atoms with Crippen LogP contribution in [-0.4, -0.2) is 80.3 Å². The number of hydrogen-bond acceptors (Lipinski definition) is 5. The molecule has 1 atom stereocenters. The molecule has 32 heavy (non-hydrogen) atoms. The Bertz CT molecular complexity index is 587. The third kappa shape index (κ3) is 13.3. The lowest BCUT2D eigenvalue weighted by molar-refractivity contribution is -0.122. The average Bonchev–Trinajstić information content (AvgIpc) is 2.68. The van der Waals surface area contributed by atoms with Crippen molar-refractivity contribution in [2.45, 2.75) is 78.5 Å². The minimum absolute atomic E-state index is 0. The van der Waals surface area contributed by atoms with Crippen molar-refractivity contribution in [1.29, 1.82) is 0 Å². The number of ether oxygens (including phenoxy) is 1. The number of carbonyl (C=O) groups is 2. The zero-order chi connectivity index (χ0) is 23.4. The predicted octanol–water partition coefficient (Wildman–Crippen LogP) is 2.31. The zero-order valence-corrected chi connectivity index (χ0v) is 23.2. The van der Waals surface area contributed by atoms with Crippen LogP contribution in [0.1, 0.15) is 60.8 Å². The first-order valence-electron chi connectivity index (χ1n) is 11.5. The number of guanidine groups is 1. The van der Waals surface area contributed by atoms with E-state index in [1.807, 2.05) is 20.8 Å². The highest BCUT2D eigenvalue weighted by Crippen LogP contribution is 2.10. The van der Waals surface area contributed by atoms with Gasteiger partial charge in [0.2, 0.25) is 5.91 Å². The smallest absolute Gasteiger partial charge is 0.407 e. The van der Waals surface area contributed by atoms with Crippen LogP contribution >= 0.6 is 24.0 Å². The molecule has 0 aromatic heterocycles. The molecule has 2 amide bonds. The fourth-order valence-corrected chi connectivity index (χ4v) is 3.27. The first-order valence-corrected chi connectivity index (χ1v) is 11.5. The maximum absolute atomic E-state index is 12.1. The molecule has 0 spiro atoms. The molecule has 1 saturated heterocycles. The minimum atomic E-state index is -0.526. The van der Waals surface area contributed by atoms with Gasteiger partial charge in [-0.05, 0) is 46.0 Å². The summed E-state index contributed by atoms with van der Waals surface area (Å²) in [5, 5.41) is 12.7. The number of carbonyl (C=O) groups excluding carboxylic acids is 2. The van der Waals surface area contributed by atoms with Crippen molar-refractivity contribution in [3.63, 3.8) is 0 Å². The summed E-state index contributed by atoms with van der Waals surface area (Å²) in [6.07, 6.45) is 2.44. The fraction of sp³-hybridized carbons (Fsp3) is 0.864. The topological polar surface area (TPSA) is 107 Å². The number of piperidine rings is 1. The third-order valence-electron chi connectivity index (χ3n) is 5.09.